The van der Waals surface area contributed by atoms with Crippen LogP contribution in [0.5, 0.6) is 0 Å². The van der Waals surface area contributed by atoms with Crippen LogP contribution in [0.4, 0.5) is 9.59 Å². The highest BCUT2D eigenvalue weighted by Crippen LogP contribution is 2.14. The minimum Gasteiger partial charge on any atom is -0.444 e. The van der Waals surface area contributed by atoms with E-state index in [1.165, 1.54) is 4.90 Å². The van der Waals surface area contributed by atoms with E-state index >= 15 is 0 Å². The Labute approximate surface area is 196 Å². The van der Waals surface area contributed by atoms with Crippen molar-refractivity contribution < 1.29 is 19.1 Å². The van der Waals surface area contributed by atoms with Crippen molar-refractivity contribution in [2.75, 3.05) is 6.54 Å². The number of benzene rings is 1. The number of carbonyl (C=O) groups is 2. The van der Waals surface area contributed by atoms with Crippen molar-refractivity contribution in [2.45, 2.75) is 78.6 Å². The highest BCUT2D eigenvalue weighted by molar-refractivity contribution is 6.30. The van der Waals surface area contributed by atoms with Gasteiger partial charge < -0.3 is 9.47 Å². The monoisotopic (exact) mass is 465 g/mol. The van der Waals surface area contributed by atoms with Crippen molar-refractivity contribution in [1.29, 1.82) is 0 Å². The number of nitrogens with zero attached hydrogens (tertiary/aromatic N) is 2. The van der Waals surface area contributed by atoms with Gasteiger partial charge in [0.1, 0.15) is 11.2 Å². The second-order valence-corrected chi connectivity index (χ2v) is 9.75. The van der Waals surface area contributed by atoms with E-state index in [2.05, 4.69) is 16.9 Å². The lowest BCUT2D eigenvalue weighted by molar-refractivity contribution is 0.0356. The number of aliphatic imine (C=N–C) groups is 1. The molecule has 0 aromatic heterocycles. The van der Waals surface area contributed by atoms with Crippen LogP contribution in [0, 0.1) is 0 Å². The summed E-state index contributed by atoms with van der Waals surface area (Å²) in [7, 11) is 0. The van der Waals surface area contributed by atoms with Crippen LogP contribution < -0.4 is 5.32 Å². The van der Waals surface area contributed by atoms with Crippen LogP contribution in [-0.2, 0) is 16.0 Å². The fourth-order valence-electron chi connectivity index (χ4n) is 2.50. The molecular formula is C24H36ClN3O4. The fraction of sp³-hybridized carbons (Fsp3) is 0.542. The predicted octanol–water partition coefficient (Wildman–Crippen LogP) is 6.31. The number of allylic oxidation sites excluding steroid dienone is 1. The molecule has 32 heavy (non-hydrogen) atoms. The van der Waals surface area contributed by atoms with Gasteiger partial charge in [-0.2, -0.15) is 0 Å². The summed E-state index contributed by atoms with van der Waals surface area (Å²) in [6.07, 6.45) is 2.86. The number of guanidine groups is 1. The molecule has 0 bridgehead atoms. The van der Waals surface area contributed by atoms with Gasteiger partial charge in [0.05, 0.1) is 6.54 Å². The maximum absolute atomic E-state index is 13.0. The molecule has 1 rings (SSSR count). The molecule has 0 unspecified atom stereocenters. The minimum absolute atomic E-state index is 0.0713. The first-order chi connectivity index (χ1) is 14.8. The van der Waals surface area contributed by atoms with Gasteiger partial charge in [0, 0.05) is 11.6 Å². The summed E-state index contributed by atoms with van der Waals surface area (Å²) >= 11 is 5.96. The number of carbonyl (C=O) groups excluding carboxylic acids is 2. The van der Waals surface area contributed by atoms with Gasteiger partial charge in [0.15, 0.2) is 0 Å². The Morgan fingerprint density at radius 1 is 1.06 bits per heavy atom. The maximum atomic E-state index is 13.0. The molecule has 0 aliphatic heterocycles. The van der Waals surface area contributed by atoms with E-state index in [-0.39, 0.29) is 12.5 Å². The van der Waals surface area contributed by atoms with Gasteiger partial charge >= 0.3 is 12.2 Å². The van der Waals surface area contributed by atoms with Crippen LogP contribution in [0.25, 0.3) is 0 Å². The number of hydrogen-bond acceptors (Lipinski definition) is 5. The maximum Gasteiger partial charge on any atom is 0.417 e. The lowest BCUT2D eigenvalue weighted by atomic mass is 10.2. The lowest BCUT2D eigenvalue weighted by Gasteiger charge is -2.29. The Balaban J connectivity index is 3.20. The van der Waals surface area contributed by atoms with Crippen molar-refractivity contribution >= 4 is 29.7 Å². The van der Waals surface area contributed by atoms with Crippen LogP contribution in [0.15, 0.2) is 41.9 Å². The second-order valence-electron chi connectivity index (χ2n) is 9.31. The molecule has 0 spiro atoms. The first kappa shape index (κ1) is 27.5. The van der Waals surface area contributed by atoms with Crippen molar-refractivity contribution in [1.82, 2.24) is 10.2 Å². The molecule has 0 saturated carbocycles. The Kier molecular flexibility index (Phi) is 10.7. The van der Waals surface area contributed by atoms with Gasteiger partial charge in [-0.05, 0) is 78.5 Å². The van der Waals surface area contributed by atoms with Crippen molar-refractivity contribution in [2.24, 2.45) is 4.99 Å². The minimum atomic E-state index is -0.705. The van der Waals surface area contributed by atoms with Crippen LogP contribution in [0.1, 0.15) is 66.4 Å². The number of alkyl carbamates (subject to hydrolysis) is 1. The SMILES string of the molecule is C=CCCCCN(C(=O)OC(C)(C)C)C(=NCc1ccc(Cl)cc1)NC(=O)OC(C)(C)C. The Morgan fingerprint density at radius 2 is 1.66 bits per heavy atom. The molecule has 0 fully saturated rings. The second kappa shape index (κ2) is 12.5. The average molecular weight is 466 g/mol. The summed E-state index contributed by atoms with van der Waals surface area (Å²) in [5.41, 5.74) is -0.538. The number of rotatable bonds is 7. The summed E-state index contributed by atoms with van der Waals surface area (Å²) in [6.45, 7) is 14.9. The number of hydrogen-bond donors (Lipinski definition) is 1. The normalized spacial score (nSPS) is 12.2. The van der Waals surface area contributed by atoms with E-state index in [0.717, 1.165) is 18.4 Å². The number of nitrogens with one attached hydrogen (secondary N) is 1. The summed E-state index contributed by atoms with van der Waals surface area (Å²) in [5, 5.41) is 3.24. The van der Waals surface area contributed by atoms with E-state index in [0.29, 0.717) is 18.0 Å². The molecule has 0 aliphatic rings. The standard InChI is InChI=1S/C24H36ClN3O4/c1-8-9-10-11-16-28(22(30)32-24(5,6)7)20(27-21(29)31-23(2,3)4)26-17-18-12-14-19(25)15-13-18/h8,12-15H,1,9-11,16-17H2,2-7H3,(H,26,27,29). The van der Waals surface area contributed by atoms with Crippen LogP contribution in [0.2, 0.25) is 5.02 Å². The molecule has 0 heterocycles. The third-order valence-corrected chi connectivity index (χ3v) is 4.10. The van der Waals surface area contributed by atoms with Gasteiger partial charge in [0.25, 0.3) is 0 Å². The Bertz CT molecular complexity index is 793. The molecule has 2 amide bonds. The zero-order chi connectivity index (χ0) is 24.4. The molecule has 0 saturated heterocycles. The van der Waals surface area contributed by atoms with Gasteiger partial charge in [-0.3, -0.25) is 5.32 Å². The summed E-state index contributed by atoms with van der Waals surface area (Å²) in [5.74, 6) is 0.0713. The highest BCUT2D eigenvalue weighted by atomic mass is 35.5. The van der Waals surface area contributed by atoms with Crippen molar-refractivity contribution in [3.05, 3.63) is 47.5 Å². The molecule has 1 aromatic rings. The zero-order valence-corrected chi connectivity index (χ0v) is 20.8. The molecule has 7 nitrogen and oxygen atoms in total. The largest absolute Gasteiger partial charge is 0.444 e. The first-order valence-corrected chi connectivity index (χ1v) is 11.1. The molecule has 178 valence electrons. The first-order valence-electron chi connectivity index (χ1n) is 10.7. The average Bonchev–Trinajstić information content (AvgIpc) is 2.63. The molecule has 0 atom stereocenters. The number of amides is 2. The van der Waals surface area contributed by atoms with Gasteiger partial charge in [-0.25, -0.2) is 19.5 Å². The van der Waals surface area contributed by atoms with Crippen molar-refractivity contribution in [3.63, 3.8) is 0 Å². The van der Waals surface area contributed by atoms with Crippen LogP contribution >= 0.6 is 11.6 Å². The van der Waals surface area contributed by atoms with E-state index in [9.17, 15) is 9.59 Å². The number of ether oxygens (including phenoxy) is 2. The molecule has 0 radical (unpaired) electrons. The Hall–Kier alpha value is -2.54. The molecule has 8 heteroatoms. The number of unbranched alkanes of at least 4 members (excludes halogenated alkanes) is 2. The van der Waals surface area contributed by atoms with Crippen LogP contribution in [0.3, 0.4) is 0 Å². The zero-order valence-electron chi connectivity index (χ0n) is 20.0. The van der Waals surface area contributed by atoms with E-state index < -0.39 is 23.4 Å². The van der Waals surface area contributed by atoms with E-state index in [1.807, 2.05) is 18.2 Å². The van der Waals surface area contributed by atoms with Gasteiger partial charge in [-0.1, -0.05) is 29.8 Å². The Morgan fingerprint density at radius 3 is 2.19 bits per heavy atom. The summed E-state index contributed by atoms with van der Waals surface area (Å²) < 4.78 is 10.9. The quantitative estimate of drug-likeness (QED) is 0.221. The van der Waals surface area contributed by atoms with Crippen LogP contribution in [-0.4, -0.2) is 40.8 Å². The molecular weight excluding hydrogens is 430 g/mol. The fourth-order valence-corrected chi connectivity index (χ4v) is 2.63. The van der Waals surface area contributed by atoms with Crippen molar-refractivity contribution in [3.8, 4) is 0 Å². The molecule has 0 aliphatic carbocycles. The smallest absolute Gasteiger partial charge is 0.417 e. The number of halogens is 1. The third-order valence-electron chi connectivity index (χ3n) is 3.85. The summed E-state index contributed by atoms with van der Waals surface area (Å²) in [6, 6.07) is 7.18. The lowest BCUT2D eigenvalue weighted by Crippen LogP contribution is -2.50. The predicted molar refractivity (Wildman–Crippen MR) is 129 cm³/mol. The van der Waals surface area contributed by atoms with E-state index in [4.69, 9.17) is 21.1 Å². The van der Waals surface area contributed by atoms with Gasteiger partial charge in [0.2, 0.25) is 5.96 Å². The highest BCUT2D eigenvalue weighted by Gasteiger charge is 2.28. The van der Waals surface area contributed by atoms with E-state index in [1.54, 1.807) is 53.7 Å². The third kappa shape index (κ3) is 11.7. The molecule has 1 aromatic carbocycles. The van der Waals surface area contributed by atoms with Gasteiger partial charge in [-0.15, -0.1) is 6.58 Å². The topological polar surface area (TPSA) is 80.2 Å². The summed E-state index contributed by atoms with van der Waals surface area (Å²) in [4.78, 5) is 31.3. The molecule has 1 N–H and O–H groups in total.